The summed E-state index contributed by atoms with van der Waals surface area (Å²) < 4.78 is 20.5. The lowest BCUT2D eigenvalue weighted by atomic mass is 9.99. The Balaban J connectivity index is 1.55. The zero-order valence-electron chi connectivity index (χ0n) is 20.2. The highest BCUT2D eigenvalue weighted by Gasteiger charge is 2.45. The van der Waals surface area contributed by atoms with Crippen molar-refractivity contribution in [3.63, 3.8) is 0 Å². The van der Waals surface area contributed by atoms with E-state index in [2.05, 4.69) is 0 Å². The van der Waals surface area contributed by atoms with E-state index in [-0.39, 0.29) is 16.9 Å². The molecule has 13 nitrogen and oxygen atoms in total. The minimum absolute atomic E-state index is 0.0754. The number of cyclic esters (lactones) is 1. The predicted octanol–water partition coefficient (Wildman–Crippen LogP) is -1.76. The van der Waals surface area contributed by atoms with Crippen molar-refractivity contribution in [3.05, 3.63) is 59.4 Å². The van der Waals surface area contributed by atoms with Crippen LogP contribution in [0.1, 0.15) is 12.5 Å². The number of hydrogen-bond acceptors (Lipinski definition) is 13. The summed E-state index contributed by atoms with van der Waals surface area (Å²) in [6.07, 6.45) is -7.33. The molecule has 0 spiro atoms. The maximum atomic E-state index is 12.2. The first-order valence-electron chi connectivity index (χ1n) is 11.6. The number of phenols is 1. The first kappa shape index (κ1) is 29.4. The van der Waals surface area contributed by atoms with Gasteiger partial charge >= 0.3 is 11.9 Å². The zero-order valence-corrected chi connectivity index (χ0v) is 20.2. The second kappa shape index (κ2) is 13.1. The predicted molar refractivity (Wildman–Crippen MR) is 127 cm³/mol. The van der Waals surface area contributed by atoms with Gasteiger partial charge in [0.05, 0.1) is 25.0 Å². The molecule has 7 N–H and O–H groups in total. The van der Waals surface area contributed by atoms with E-state index in [0.717, 1.165) is 18.4 Å². The van der Waals surface area contributed by atoms with Crippen LogP contribution < -0.4 is 0 Å². The molecule has 2 aliphatic heterocycles. The zero-order chi connectivity index (χ0) is 28.0. The van der Waals surface area contributed by atoms with Gasteiger partial charge in [-0.2, -0.15) is 0 Å². The molecule has 3 rings (SSSR count). The lowest BCUT2D eigenvalue weighted by Crippen LogP contribution is -2.59. The van der Waals surface area contributed by atoms with Gasteiger partial charge in [0.2, 0.25) is 0 Å². The van der Waals surface area contributed by atoms with E-state index in [0.29, 0.717) is 5.56 Å². The van der Waals surface area contributed by atoms with Crippen molar-refractivity contribution in [2.24, 2.45) is 0 Å². The summed E-state index contributed by atoms with van der Waals surface area (Å²) in [5.74, 6) is -1.63. The molecule has 0 aliphatic carbocycles. The second-order valence-electron chi connectivity index (χ2n) is 8.67. The normalized spacial score (nSPS) is 32.0. The number of carbonyl (C=O) groups is 2. The van der Waals surface area contributed by atoms with Gasteiger partial charge in [0.25, 0.3) is 0 Å². The number of ether oxygens (including phenoxy) is 4. The number of hydrogen-bond donors (Lipinski definition) is 7. The minimum Gasteiger partial charge on any atom is -0.508 e. The highest BCUT2D eigenvalue weighted by atomic mass is 16.7. The largest absolute Gasteiger partial charge is 0.508 e. The van der Waals surface area contributed by atoms with Crippen molar-refractivity contribution in [2.45, 2.75) is 55.9 Å². The van der Waals surface area contributed by atoms with Crippen molar-refractivity contribution < 1.29 is 64.3 Å². The molecule has 208 valence electrons. The summed E-state index contributed by atoms with van der Waals surface area (Å²) in [6, 6.07) is 6.06. The smallest absolute Gasteiger partial charge is 0.337 e. The molecule has 38 heavy (non-hydrogen) atoms. The summed E-state index contributed by atoms with van der Waals surface area (Å²) in [6.45, 7) is 0.353. The van der Waals surface area contributed by atoms with Gasteiger partial charge in [0.1, 0.15) is 42.4 Å². The molecule has 2 fully saturated rings. The highest BCUT2D eigenvalue weighted by Crippen LogP contribution is 2.27. The van der Waals surface area contributed by atoms with Crippen LogP contribution in [0.5, 0.6) is 5.75 Å². The Morgan fingerprint density at radius 2 is 1.79 bits per heavy atom. The molecule has 0 saturated carbocycles. The molecule has 2 heterocycles. The average Bonchev–Trinajstić information content (AvgIpc) is 3.19. The number of benzene rings is 1. The number of rotatable bonds is 9. The molecular formula is C25H30O13. The summed E-state index contributed by atoms with van der Waals surface area (Å²) >= 11 is 0. The molecule has 2 aliphatic rings. The first-order valence-corrected chi connectivity index (χ1v) is 11.6. The highest BCUT2D eigenvalue weighted by molar-refractivity contribution is 5.92. The minimum atomic E-state index is -1.65. The van der Waals surface area contributed by atoms with Gasteiger partial charge in [-0.05, 0) is 42.3 Å². The molecule has 1 aromatic rings. The summed E-state index contributed by atoms with van der Waals surface area (Å²) in [7, 11) is 0. The van der Waals surface area contributed by atoms with Crippen molar-refractivity contribution in [1.82, 2.24) is 0 Å². The maximum Gasteiger partial charge on any atom is 0.337 e. The van der Waals surface area contributed by atoms with Crippen molar-refractivity contribution in [2.75, 3.05) is 13.2 Å². The Morgan fingerprint density at radius 1 is 1.11 bits per heavy atom. The van der Waals surface area contributed by atoms with Crippen LogP contribution in [0.25, 0.3) is 6.08 Å². The summed E-state index contributed by atoms with van der Waals surface area (Å²) in [5, 5.41) is 69.1. The molecule has 0 bridgehead atoms. The third kappa shape index (κ3) is 7.03. The molecule has 0 radical (unpaired) electrons. The van der Waals surface area contributed by atoms with Gasteiger partial charge in [0.15, 0.2) is 12.4 Å². The lowest BCUT2D eigenvalue weighted by Gasteiger charge is -2.39. The third-order valence-corrected chi connectivity index (χ3v) is 5.96. The van der Waals surface area contributed by atoms with Crippen LogP contribution in [0.3, 0.4) is 0 Å². The first-order chi connectivity index (χ1) is 18.0. The molecule has 13 heteroatoms. The van der Waals surface area contributed by atoms with Crippen LogP contribution in [0.2, 0.25) is 0 Å². The number of phenolic OH excluding ortho intramolecular Hbond substituents is 1. The van der Waals surface area contributed by atoms with E-state index in [1.165, 1.54) is 25.1 Å². The molecule has 0 aromatic heterocycles. The van der Waals surface area contributed by atoms with Crippen LogP contribution in [-0.4, -0.2) is 110 Å². The number of carbonyl (C=O) groups excluding carboxylic acids is 2. The van der Waals surface area contributed by atoms with Crippen LogP contribution in [0.15, 0.2) is 53.8 Å². The second-order valence-corrected chi connectivity index (χ2v) is 8.67. The fourth-order valence-corrected chi connectivity index (χ4v) is 3.70. The summed E-state index contributed by atoms with van der Waals surface area (Å²) in [5.41, 5.74) is 0.462. The van der Waals surface area contributed by atoms with Crippen molar-refractivity contribution in [1.29, 1.82) is 0 Å². The molecular weight excluding hydrogens is 508 g/mol. The Kier molecular flexibility index (Phi) is 10.1. The van der Waals surface area contributed by atoms with E-state index >= 15 is 0 Å². The van der Waals surface area contributed by atoms with Crippen LogP contribution >= 0.6 is 0 Å². The Morgan fingerprint density at radius 3 is 2.45 bits per heavy atom. The van der Waals surface area contributed by atoms with Gasteiger partial charge < -0.3 is 54.7 Å². The van der Waals surface area contributed by atoms with E-state index < -0.39 is 74.2 Å². The van der Waals surface area contributed by atoms with Crippen LogP contribution in [0.4, 0.5) is 0 Å². The fourth-order valence-electron chi connectivity index (χ4n) is 3.70. The van der Waals surface area contributed by atoms with Crippen LogP contribution in [0, 0.1) is 0 Å². The van der Waals surface area contributed by atoms with Gasteiger partial charge in [-0.25, -0.2) is 9.59 Å². The van der Waals surface area contributed by atoms with Gasteiger partial charge in [0, 0.05) is 6.08 Å². The van der Waals surface area contributed by atoms with E-state index in [1.807, 2.05) is 0 Å². The molecule has 2 saturated heterocycles. The van der Waals surface area contributed by atoms with Gasteiger partial charge in [-0.1, -0.05) is 12.1 Å². The molecule has 1 aromatic carbocycles. The van der Waals surface area contributed by atoms with Crippen LogP contribution in [-0.2, 0) is 28.5 Å². The standard InChI is InChI=1S/C25H30O13/c1-12(11-36-17(28)7-4-13-2-5-14(27)6-3-13)18(29)23-19(30)15(24(34)38-23)8-9-35-25-22(33)21(32)20(31)16(10-26)37-25/h2-8,11,16,18-23,25-27,29-33H,9-10H2,1H3/b7-4+,12-11+,15-8-/t16-,18+,19-,20-,21+,22-,23-,25-/m0/s1. The Bertz CT molecular complexity index is 1060. The number of aliphatic hydroxyl groups excluding tert-OH is 6. The topological polar surface area (TPSA) is 213 Å². The van der Waals surface area contributed by atoms with E-state index in [9.17, 15) is 45.3 Å². The van der Waals surface area contributed by atoms with E-state index in [1.54, 1.807) is 12.1 Å². The Labute approximate surface area is 217 Å². The third-order valence-electron chi connectivity index (χ3n) is 5.96. The number of aromatic hydroxyl groups is 1. The van der Waals surface area contributed by atoms with Gasteiger partial charge in [-0.15, -0.1) is 0 Å². The lowest BCUT2D eigenvalue weighted by molar-refractivity contribution is -0.298. The maximum absolute atomic E-state index is 12.2. The monoisotopic (exact) mass is 538 g/mol. The molecule has 0 unspecified atom stereocenters. The van der Waals surface area contributed by atoms with Gasteiger partial charge in [-0.3, -0.25) is 0 Å². The quantitative estimate of drug-likeness (QED) is 0.106. The Hall–Kier alpha value is -3.14. The van der Waals surface area contributed by atoms with Crippen molar-refractivity contribution >= 4 is 18.0 Å². The SMILES string of the molecule is C/C(=C\OC(=O)/C=C/c1ccc(O)cc1)[C@@H](O)[C@@H]1OC(=O)/C(=C\CO[C@H]2O[C@@H](CO)[C@H](O)[C@@H](O)[C@@H]2O)[C@@H]1O. The fraction of sp³-hybridized carbons (Fsp3) is 0.440. The van der Waals surface area contributed by atoms with Crippen molar-refractivity contribution in [3.8, 4) is 5.75 Å². The number of esters is 2. The molecule has 8 atom stereocenters. The molecule has 0 amide bonds. The number of aliphatic hydroxyl groups is 6. The average molecular weight is 539 g/mol. The summed E-state index contributed by atoms with van der Waals surface area (Å²) in [4.78, 5) is 24.2. The van der Waals surface area contributed by atoms with E-state index in [4.69, 9.17) is 18.9 Å².